The third-order valence-corrected chi connectivity index (χ3v) is 4.95. The predicted octanol–water partition coefficient (Wildman–Crippen LogP) is 0.619. The second kappa shape index (κ2) is 8.16. The number of amides is 2. The molecule has 8 heteroatoms. The van der Waals surface area contributed by atoms with E-state index in [1.807, 2.05) is 40.6 Å². The first-order valence-electron chi connectivity index (χ1n) is 9.05. The summed E-state index contributed by atoms with van der Waals surface area (Å²) in [6.45, 7) is 4.78. The van der Waals surface area contributed by atoms with E-state index in [1.165, 1.54) is 0 Å². The van der Waals surface area contributed by atoms with Gasteiger partial charge in [-0.3, -0.25) is 14.3 Å². The average molecular weight is 358 g/mol. The molecule has 0 aliphatic carbocycles. The molecule has 0 atom stereocenters. The van der Waals surface area contributed by atoms with Gasteiger partial charge in [0.1, 0.15) is 12.4 Å². The lowest BCUT2D eigenvalue weighted by atomic mass is 10.2. The number of aromatic nitrogens is 4. The van der Waals surface area contributed by atoms with Crippen LogP contribution in [0.5, 0.6) is 0 Å². The number of carbonyl (C=O) groups is 2. The highest BCUT2D eigenvalue weighted by Gasteiger charge is 2.22. The Morgan fingerprint density at radius 3 is 2.42 bits per heavy atom. The molecule has 1 saturated heterocycles. The van der Waals surface area contributed by atoms with Crippen molar-refractivity contribution in [2.45, 2.75) is 32.7 Å². The smallest absolute Gasteiger partial charge is 0.242 e. The summed E-state index contributed by atoms with van der Waals surface area (Å²) in [7, 11) is 1.89. The Kier molecular flexibility index (Phi) is 5.70. The molecule has 2 aromatic heterocycles. The third-order valence-electron chi connectivity index (χ3n) is 4.95. The van der Waals surface area contributed by atoms with Crippen molar-refractivity contribution in [2.24, 2.45) is 7.05 Å². The molecule has 1 aliphatic rings. The van der Waals surface area contributed by atoms with Crippen molar-refractivity contribution in [3.8, 4) is 0 Å². The van der Waals surface area contributed by atoms with E-state index < -0.39 is 0 Å². The van der Waals surface area contributed by atoms with Crippen molar-refractivity contribution in [2.75, 3.05) is 26.2 Å². The van der Waals surface area contributed by atoms with Gasteiger partial charge >= 0.3 is 0 Å². The van der Waals surface area contributed by atoms with Crippen LogP contribution in [-0.2, 0) is 29.6 Å². The van der Waals surface area contributed by atoms with Gasteiger partial charge in [0.15, 0.2) is 0 Å². The van der Waals surface area contributed by atoms with Crippen molar-refractivity contribution >= 4 is 11.8 Å². The molecule has 8 nitrogen and oxygen atoms in total. The van der Waals surface area contributed by atoms with Gasteiger partial charge in [-0.15, -0.1) is 0 Å². The zero-order valence-electron chi connectivity index (χ0n) is 15.5. The van der Waals surface area contributed by atoms with Crippen LogP contribution < -0.4 is 0 Å². The molecule has 0 aromatic carbocycles. The Morgan fingerprint density at radius 2 is 1.81 bits per heavy atom. The molecule has 2 amide bonds. The molecule has 0 spiro atoms. The average Bonchev–Trinajstić information content (AvgIpc) is 3.12. The number of nitrogens with zero attached hydrogens (tertiary/aromatic N) is 6. The molecule has 3 rings (SSSR count). The van der Waals surface area contributed by atoms with Crippen LogP contribution in [0.1, 0.15) is 24.4 Å². The maximum Gasteiger partial charge on any atom is 0.242 e. The first-order chi connectivity index (χ1) is 12.5. The lowest BCUT2D eigenvalue weighted by molar-refractivity contribution is -0.133. The highest BCUT2D eigenvalue weighted by atomic mass is 16.2. The molecule has 0 saturated carbocycles. The van der Waals surface area contributed by atoms with Crippen LogP contribution in [-0.4, -0.2) is 67.1 Å². The summed E-state index contributed by atoms with van der Waals surface area (Å²) in [5.41, 5.74) is 1.06. The second-order valence-electron chi connectivity index (χ2n) is 6.66. The Balaban J connectivity index is 1.49. The minimum atomic E-state index is 0.0790. The lowest BCUT2D eigenvalue weighted by Gasteiger charge is -2.22. The molecule has 0 bridgehead atoms. The van der Waals surface area contributed by atoms with Gasteiger partial charge in [-0.1, -0.05) is 0 Å². The summed E-state index contributed by atoms with van der Waals surface area (Å²) in [5, 5.41) is 4.13. The van der Waals surface area contributed by atoms with Crippen LogP contribution in [0.3, 0.4) is 0 Å². The lowest BCUT2D eigenvalue weighted by Crippen LogP contribution is -2.38. The van der Waals surface area contributed by atoms with E-state index in [1.54, 1.807) is 17.1 Å². The van der Waals surface area contributed by atoms with E-state index in [9.17, 15) is 9.59 Å². The van der Waals surface area contributed by atoms with Crippen LogP contribution in [0.15, 0.2) is 24.7 Å². The Morgan fingerprint density at radius 1 is 1.08 bits per heavy atom. The van der Waals surface area contributed by atoms with Gasteiger partial charge in [-0.05, 0) is 25.8 Å². The SMILES string of the molecule is Cc1nccn1CC(=O)N1CCCN(C(=O)CCc2ccnn2C)CC1. The van der Waals surface area contributed by atoms with Gasteiger partial charge < -0.3 is 14.4 Å². The Labute approximate surface area is 153 Å². The topological polar surface area (TPSA) is 76.3 Å². The normalized spacial score (nSPS) is 15.2. The van der Waals surface area contributed by atoms with Gasteiger partial charge in [0.2, 0.25) is 11.8 Å². The molecule has 0 unspecified atom stereocenters. The number of rotatable bonds is 5. The van der Waals surface area contributed by atoms with Gasteiger partial charge in [-0.25, -0.2) is 4.98 Å². The minimum absolute atomic E-state index is 0.0790. The maximum atomic E-state index is 12.5. The number of carbonyl (C=O) groups excluding carboxylic acids is 2. The molecule has 3 heterocycles. The first kappa shape index (κ1) is 18.2. The van der Waals surface area contributed by atoms with E-state index in [4.69, 9.17) is 0 Å². The zero-order chi connectivity index (χ0) is 18.5. The van der Waals surface area contributed by atoms with Crippen LogP contribution >= 0.6 is 0 Å². The quantitative estimate of drug-likeness (QED) is 0.785. The fraction of sp³-hybridized carbons (Fsp3) is 0.556. The zero-order valence-corrected chi connectivity index (χ0v) is 15.5. The minimum Gasteiger partial charge on any atom is -0.341 e. The summed E-state index contributed by atoms with van der Waals surface area (Å²) in [5.74, 6) is 1.06. The van der Waals surface area contributed by atoms with Gasteiger partial charge in [-0.2, -0.15) is 5.10 Å². The predicted molar refractivity (Wildman–Crippen MR) is 96.3 cm³/mol. The molecular formula is C18H26N6O2. The van der Waals surface area contributed by atoms with Crippen molar-refractivity contribution in [3.63, 3.8) is 0 Å². The Hall–Kier alpha value is -2.64. The standard InChI is InChI=1S/C18H26N6O2/c1-15-19-8-11-24(15)14-18(26)23-10-3-9-22(12-13-23)17(25)5-4-16-6-7-20-21(16)2/h6-8,11H,3-5,9-10,12-14H2,1-2H3. The van der Waals surface area contributed by atoms with Crippen LogP contribution in [0, 0.1) is 6.92 Å². The molecule has 1 aliphatic heterocycles. The summed E-state index contributed by atoms with van der Waals surface area (Å²) >= 11 is 0. The van der Waals surface area contributed by atoms with E-state index in [2.05, 4.69) is 10.1 Å². The molecule has 140 valence electrons. The molecule has 0 N–H and O–H groups in total. The molecule has 0 radical (unpaired) electrons. The summed E-state index contributed by atoms with van der Waals surface area (Å²) < 4.78 is 3.65. The van der Waals surface area contributed by atoms with Crippen molar-refractivity contribution in [1.82, 2.24) is 29.1 Å². The molecule has 1 fully saturated rings. The monoisotopic (exact) mass is 358 g/mol. The van der Waals surface area contributed by atoms with E-state index >= 15 is 0 Å². The summed E-state index contributed by atoms with van der Waals surface area (Å²) in [6.07, 6.45) is 7.24. The van der Waals surface area contributed by atoms with Crippen molar-refractivity contribution in [1.29, 1.82) is 0 Å². The Bertz CT molecular complexity index is 765. The van der Waals surface area contributed by atoms with E-state index in [-0.39, 0.29) is 11.8 Å². The van der Waals surface area contributed by atoms with Crippen molar-refractivity contribution < 1.29 is 9.59 Å². The third kappa shape index (κ3) is 4.30. The molecule has 2 aromatic rings. The molecule has 26 heavy (non-hydrogen) atoms. The first-order valence-corrected chi connectivity index (χ1v) is 9.05. The summed E-state index contributed by atoms with van der Waals surface area (Å²) in [4.78, 5) is 32.9. The van der Waals surface area contributed by atoms with E-state index in [0.717, 1.165) is 17.9 Å². The number of hydrogen-bond acceptors (Lipinski definition) is 4. The second-order valence-corrected chi connectivity index (χ2v) is 6.66. The highest BCUT2D eigenvalue weighted by molar-refractivity contribution is 5.78. The van der Waals surface area contributed by atoms with Crippen LogP contribution in [0.25, 0.3) is 0 Å². The number of aryl methyl sites for hydroxylation is 3. The van der Waals surface area contributed by atoms with Crippen molar-refractivity contribution in [3.05, 3.63) is 36.2 Å². The largest absolute Gasteiger partial charge is 0.341 e. The van der Waals surface area contributed by atoms with Gasteiger partial charge in [0, 0.05) is 63.9 Å². The van der Waals surface area contributed by atoms with Crippen LogP contribution in [0.4, 0.5) is 0 Å². The molecular weight excluding hydrogens is 332 g/mol. The number of imidazole rings is 1. The maximum absolute atomic E-state index is 12.5. The number of hydrogen-bond donors (Lipinski definition) is 0. The van der Waals surface area contributed by atoms with Gasteiger partial charge in [0.25, 0.3) is 0 Å². The van der Waals surface area contributed by atoms with E-state index in [0.29, 0.717) is 45.6 Å². The fourth-order valence-corrected chi connectivity index (χ4v) is 3.27. The summed E-state index contributed by atoms with van der Waals surface area (Å²) in [6, 6.07) is 1.94. The fourth-order valence-electron chi connectivity index (χ4n) is 3.27. The van der Waals surface area contributed by atoms with Gasteiger partial charge in [0.05, 0.1) is 0 Å². The highest BCUT2D eigenvalue weighted by Crippen LogP contribution is 2.09. The van der Waals surface area contributed by atoms with Crippen LogP contribution in [0.2, 0.25) is 0 Å².